The van der Waals surface area contributed by atoms with Crippen molar-refractivity contribution in [1.29, 1.82) is 0 Å². The number of benzene rings is 3. The van der Waals surface area contributed by atoms with E-state index in [0.717, 1.165) is 35.0 Å². The van der Waals surface area contributed by atoms with Crippen molar-refractivity contribution in [3.05, 3.63) is 95.6 Å². The van der Waals surface area contributed by atoms with E-state index in [4.69, 9.17) is 4.74 Å². The minimum absolute atomic E-state index is 0.176. The number of halogens is 2. The highest BCUT2D eigenvalue weighted by Crippen LogP contribution is 2.17. The Morgan fingerprint density at radius 2 is 1.40 bits per heavy atom. The lowest BCUT2D eigenvalue weighted by atomic mass is 10.1. The fourth-order valence-electron chi connectivity index (χ4n) is 2.30. The number of hydrogen-bond acceptors (Lipinski definition) is 3. The van der Waals surface area contributed by atoms with Crippen molar-refractivity contribution >= 4 is 5.69 Å². The smallest absolute Gasteiger partial charge is 0.129 e. The van der Waals surface area contributed by atoms with E-state index in [-0.39, 0.29) is 12.4 Å². The monoisotopic (exact) mass is 340 g/mol. The largest absolute Gasteiger partial charge is 0.489 e. The zero-order valence-corrected chi connectivity index (χ0v) is 13.5. The molecule has 0 aliphatic carbocycles. The predicted octanol–water partition coefficient (Wildman–Crippen LogP) is 4.66. The molecule has 0 spiro atoms. The third kappa shape index (κ3) is 5.29. The molecule has 0 heterocycles. The van der Waals surface area contributed by atoms with Gasteiger partial charge in [-0.25, -0.2) is 14.2 Å². The van der Waals surface area contributed by atoms with E-state index in [0.29, 0.717) is 6.54 Å². The van der Waals surface area contributed by atoms with Crippen LogP contribution in [0.3, 0.4) is 0 Å². The van der Waals surface area contributed by atoms with Crippen molar-refractivity contribution in [2.75, 3.05) is 5.43 Å². The van der Waals surface area contributed by atoms with Crippen molar-refractivity contribution in [1.82, 2.24) is 5.43 Å². The molecule has 3 rings (SSSR count). The summed E-state index contributed by atoms with van der Waals surface area (Å²) in [4.78, 5) is 0. The van der Waals surface area contributed by atoms with Crippen LogP contribution in [0, 0.1) is 11.6 Å². The molecular weight excluding hydrogens is 322 g/mol. The number of hydrogen-bond donors (Lipinski definition) is 2. The lowest BCUT2D eigenvalue weighted by Crippen LogP contribution is -2.20. The van der Waals surface area contributed by atoms with Crippen molar-refractivity contribution in [2.24, 2.45) is 0 Å². The summed E-state index contributed by atoms with van der Waals surface area (Å²) < 4.78 is 31.7. The molecule has 0 saturated heterocycles. The van der Waals surface area contributed by atoms with E-state index in [9.17, 15) is 8.78 Å². The Bertz CT molecular complexity index is 787. The molecule has 0 aromatic heterocycles. The summed E-state index contributed by atoms with van der Waals surface area (Å²) in [6.07, 6.45) is 0. The molecule has 2 N–H and O–H groups in total. The van der Waals surface area contributed by atoms with E-state index < -0.39 is 11.6 Å². The zero-order chi connectivity index (χ0) is 17.5. The van der Waals surface area contributed by atoms with Gasteiger partial charge in [0, 0.05) is 30.4 Å². The molecule has 0 aliphatic rings. The van der Waals surface area contributed by atoms with E-state index in [1.165, 1.54) is 0 Å². The SMILES string of the molecule is Fc1cc(F)cc(OCc2ccc(CNNc3ccccc3)cc2)c1. The van der Waals surface area contributed by atoms with Crippen molar-refractivity contribution in [2.45, 2.75) is 13.2 Å². The fraction of sp³-hybridized carbons (Fsp3) is 0.100. The van der Waals surface area contributed by atoms with Crippen molar-refractivity contribution in [3.8, 4) is 5.75 Å². The minimum Gasteiger partial charge on any atom is -0.489 e. The molecule has 0 bridgehead atoms. The maximum absolute atomic E-state index is 13.1. The highest BCUT2D eigenvalue weighted by molar-refractivity contribution is 5.41. The van der Waals surface area contributed by atoms with Crippen LogP contribution in [-0.2, 0) is 13.2 Å². The number of para-hydroxylation sites is 1. The average molecular weight is 340 g/mol. The molecular formula is C20H18F2N2O. The van der Waals surface area contributed by atoms with E-state index in [2.05, 4.69) is 10.9 Å². The van der Waals surface area contributed by atoms with E-state index in [1.807, 2.05) is 54.6 Å². The van der Waals surface area contributed by atoms with Crippen LogP contribution in [0.25, 0.3) is 0 Å². The van der Waals surface area contributed by atoms with Gasteiger partial charge in [-0.1, -0.05) is 42.5 Å². The molecule has 3 aromatic carbocycles. The molecule has 0 aliphatic heterocycles. The summed E-state index contributed by atoms with van der Waals surface area (Å²) in [5.41, 5.74) is 9.28. The Morgan fingerprint density at radius 3 is 2.08 bits per heavy atom. The molecule has 128 valence electrons. The maximum Gasteiger partial charge on any atom is 0.129 e. The molecule has 0 atom stereocenters. The molecule has 3 nitrogen and oxygen atoms in total. The second kappa shape index (κ2) is 8.26. The summed E-state index contributed by atoms with van der Waals surface area (Å²) in [6, 6.07) is 20.8. The first kappa shape index (κ1) is 16.9. The Balaban J connectivity index is 1.48. The first-order valence-electron chi connectivity index (χ1n) is 7.90. The second-order valence-electron chi connectivity index (χ2n) is 5.55. The lowest BCUT2D eigenvalue weighted by molar-refractivity contribution is 0.302. The number of hydrazine groups is 1. The first-order chi connectivity index (χ1) is 12.2. The van der Waals surface area contributed by atoms with Crippen LogP contribution in [0.15, 0.2) is 72.8 Å². The molecule has 0 fully saturated rings. The fourth-order valence-corrected chi connectivity index (χ4v) is 2.30. The molecule has 0 saturated carbocycles. The van der Waals surface area contributed by atoms with Crippen LogP contribution in [0.4, 0.5) is 14.5 Å². The average Bonchev–Trinajstić information content (AvgIpc) is 2.61. The summed E-state index contributed by atoms with van der Waals surface area (Å²) in [5, 5.41) is 0. The van der Waals surface area contributed by atoms with Crippen LogP contribution >= 0.6 is 0 Å². The lowest BCUT2D eigenvalue weighted by Gasteiger charge is -2.10. The third-order valence-corrected chi connectivity index (χ3v) is 3.56. The minimum atomic E-state index is -0.651. The highest BCUT2D eigenvalue weighted by atomic mass is 19.1. The molecule has 0 radical (unpaired) electrons. The van der Waals surface area contributed by atoms with Gasteiger partial charge in [0.25, 0.3) is 0 Å². The normalized spacial score (nSPS) is 10.5. The van der Waals surface area contributed by atoms with E-state index in [1.54, 1.807) is 0 Å². The summed E-state index contributed by atoms with van der Waals surface area (Å²) in [6.45, 7) is 0.907. The maximum atomic E-state index is 13.1. The van der Waals surface area contributed by atoms with Gasteiger partial charge >= 0.3 is 0 Å². The number of ether oxygens (including phenoxy) is 1. The van der Waals surface area contributed by atoms with Gasteiger partial charge < -0.3 is 10.2 Å². The molecule has 0 amide bonds. The topological polar surface area (TPSA) is 33.3 Å². The Labute approximate surface area is 145 Å². The van der Waals surface area contributed by atoms with Crippen LogP contribution in [-0.4, -0.2) is 0 Å². The van der Waals surface area contributed by atoms with Gasteiger partial charge in [0.1, 0.15) is 24.0 Å². The van der Waals surface area contributed by atoms with E-state index >= 15 is 0 Å². The standard InChI is InChI=1S/C20H18F2N2O/c21-17-10-18(22)12-20(11-17)25-14-16-8-6-15(7-9-16)13-23-24-19-4-2-1-3-5-19/h1-12,23-24H,13-14H2. The summed E-state index contributed by atoms with van der Waals surface area (Å²) >= 11 is 0. The molecule has 0 unspecified atom stereocenters. The number of rotatable bonds is 7. The predicted molar refractivity (Wildman–Crippen MR) is 94.0 cm³/mol. The van der Waals surface area contributed by atoms with Gasteiger partial charge in [-0.05, 0) is 23.3 Å². The quantitative estimate of drug-likeness (QED) is 0.614. The third-order valence-electron chi connectivity index (χ3n) is 3.56. The summed E-state index contributed by atoms with van der Waals surface area (Å²) in [5.74, 6) is -1.13. The molecule has 5 heteroatoms. The van der Waals surface area contributed by atoms with Gasteiger partial charge in [0.05, 0.1) is 0 Å². The molecule has 3 aromatic rings. The van der Waals surface area contributed by atoms with Crippen molar-refractivity contribution < 1.29 is 13.5 Å². The Kier molecular flexibility index (Phi) is 5.59. The Hall–Kier alpha value is -2.92. The van der Waals surface area contributed by atoms with Gasteiger partial charge in [0.2, 0.25) is 0 Å². The van der Waals surface area contributed by atoms with Gasteiger partial charge in [0.15, 0.2) is 0 Å². The van der Waals surface area contributed by atoms with Crippen LogP contribution in [0.5, 0.6) is 5.75 Å². The second-order valence-corrected chi connectivity index (χ2v) is 5.55. The number of anilines is 1. The molecule has 25 heavy (non-hydrogen) atoms. The van der Waals surface area contributed by atoms with Crippen LogP contribution in [0.2, 0.25) is 0 Å². The van der Waals surface area contributed by atoms with Crippen molar-refractivity contribution in [3.63, 3.8) is 0 Å². The number of nitrogens with one attached hydrogen (secondary N) is 2. The van der Waals surface area contributed by atoms with Gasteiger partial charge in [-0.15, -0.1) is 0 Å². The summed E-state index contributed by atoms with van der Waals surface area (Å²) in [7, 11) is 0. The van der Waals surface area contributed by atoms with Gasteiger partial charge in [-0.2, -0.15) is 0 Å². The highest BCUT2D eigenvalue weighted by Gasteiger charge is 2.02. The zero-order valence-electron chi connectivity index (χ0n) is 13.5. The Morgan fingerprint density at radius 1 is 0.760 bits per heavy atom. The first-order valence-corrected chi connectivity index (χ1v) is 7.90. The van der Waals surface area contributed by atoms with Gasteiger partial charge in [-0.3, -0.25) is 0 Å². The van der Waals surface area contributed by atoms with Crippen LogP contribution in [0.1, 0.15) is 11.1 Å². The van der Waals surface area contributed by atoms with Crippen LogP contribution < -0.4 is 15.6 Å².